The minimum Gasteiger partial charge on any atom is -0.497 e. The van der Waals surface area contributed by atoms with E-state index in [1.165, 1.54) is 18.5 Å². The van der Waals surface area contributed by atoms with Gasteiger partial charge in [-0.2, -0.15) is 0 Å². The van der Waals surface area contributed by atoms with Crippen LogP contribution in [0.5, 0.6) is 5.75 Å². The summed E-state index contributed by atoms with van der Waals surface area (Å²) in [5.41, 5.74) is 1.25. The third kappa shape index (κ3) is 4.49. The third-order valence-electron chi connectivity index (χ3n) is 3.81. The molecule has 0 atom stereocenters. The number of nitrogens with one attached hydrogen (secondary N) is 1. The van der Waals surface area contributed by atoms with Gasteiger partial charge in [0.25, 0.3) is 0 Å². The van der Waals surface area contributed by atoms with Crippen LogP contribution < -0.4 is 15.0 Å². The zero-order valence-electron chi connectivity index (χ0n) is 13.0. The molecule has 0 amide bonds. The maximum absolute atomic E-state index is 5.46. The fraction of sp³-hybridized carbons (Fsp3) is 0.562. The highest BCUT2D eigenvalue weighted by atomic mass is 32.1. The van der Waals surface area contributed by atoms with Crippen LogP contribution >= 0.6 is 12.2 Å². The first kappa shape index (κ1) is 15.9. The molecule has 5 heteroatoms. The Hall–Kier alpha value is -1.49. The Labute approximate surface area is 133 Å². The highest BCUT2D eigenvalue weighted by molar-refractivity contribution is 7.80. The molecule has 0 aliphatic carbocycles. The number of hydrogen-bond donors (Lipinski definition) is 1. The van der Waals surface area contributed by atoms with Crippen LogP contribution in [-0.4, -0.2) is 49.8 Å². The molecule has 0 radical (unpaired) electrons. The Balaban J connectivity index is 1.80. The number of benzene rings is 1. The van der Waals surface area contributed by atoms with Crippen LogP contribution in [0.3, 0.4) is 0 Å². The number of ether oxygens (including phenoxy) is 1. The summed E-state index contributed by atoms with van der Waals surface area (Å²) >= 11 is 5.46. The molecule has 0 spiro atoms. The first-order valence-electron chi connectivity index (χ1n) is 7.66. The summed E-state index contributed by atoms with van der Waals surface area (Å²) in [6.07, 6.45) is 2.37. The van der Waals surface area contributed by atoms with Gasteiger partial charge in [-0.05, 0) is 42.9 Å². The number of anilines is 1. The molecule has 1 N–H and O–H groups in total. The molecule has 21 heavy (non-hydrogen) atoms. The fourth-order valence-corrected chi connectivity index (χ4v) is 2.73. The number of unbranched alkanes of at least 4 members (excludes halogenated alkanes) is 1. The van der Waals surface area contributed by atoms with Crippen LogP contribution in [0.25, 0.3) is 0 Å². The molecule has 2 rings (SSSR count). The molecule has 1 heterocycles. The molecular formula is C16H25N3OS. The lowest BCUT2D eigenvalue weighted by atomic mass is 10.2. The second-order valence-corrected chi connectivity index (χ2v) is 5.64. The molecule has 1 fully saturated rings. The molecule has 1 saturated heterocycles. The molecule has 0 unspecified atom stereocenters. The average Bonchev–Trinajstić information content (AvgIpc) is 2.55. The van der Waals surface area contributed by atoms with Crippen molar-refractivity contribution in [3.8, 4) is 5.75 Å². The number of rotatable bonds is 5. The van der Waals surface area contributed by atoms with E-state index in [2.05, 4.69) is 34.2 Å². The smallest absolute Gasteiger partial charge is 0.169 e. The molecule has 0 bridgehead atoms. The summed E-state index contributed by atoms with van der Waals surface area (Å²) < 4.78 is 5.20. The first-order valence-corrected chi connectivity index (χ1v) is 8.07. The standard InChI is InChI=1S/C16H25N3OS/c1-3-4-9-17-16(21)19-12-10-18(11-13-19)14-5-7-15(20-2)8-6-14/h5-8H,3-4,9-13H2,1-2H3,(H,17,21). The lowest BCUT2D eigenvalue weighted by Crippen LogP contribution is -2.51. The normalized spacial score (nSPS) is 15.0. The summed E-state index contributed by atoms with van der Waals surface area (Å²) in [5.74, 6) is 0.902. The van der Waals surface area contributed by atoms with Crippen LogP contribution in [0.4, 0.5) is 5.69 Å². The quantitative estimate of drug-likeness (QED) is 0.666. The highest BCUT2D eigenvalue weighted by Gasteiger charge is 2.18. The van der Waals surface area contributed by atoms with Gasteiger partial charge < -0.3 is 19.9 Å². The third-order valence-corrected chi connectivity index (χ3v) is 4.21. The maximum Gasteiger partial charge on any atom is 0.169 e. The van der Waals surface area contributed by atoms with E-state index < -0.39 is 0 Å². The van der Waals surface area contributed by atoms with Crippen molar-refractivity contribution in [3.63, 3.8) is 0 Å². The molecular weight excluding hydrogens is 282 g/mol. The second kappa shape index (κ2) is 8.08. The van der Waals surface area contributed by atoms with Crippen LogP contribution in [0.2, 0.25) is 0 Å². The van der Waals surface area contributed by atoms with E-state index in [1.54, 1.807) is 7.11 Å². The van der Waals surface area contributed by atoms with E-state index >= 15 is 0 Å². The number of hydrogen-bond acceptors (Lipinski definition) is 3. The van der Waals surface area contributed by atoms with Gasteiger partial charge in [-0.25, -0.2) is 0 Å². The minimum absolute atomic E-state index is 0.901. The van der Waals surface area contributed by atoms with E-state index in [0.29, 0.717) is 0 Å². The summed E-state index contributed by atoms with van der Waals surface area (Å²) in [7, 11) is 1.69. The topological polar surface area (TPSA) is 27.7 Å². The number of piperazine rings is 1. The molecule has 116 valence electrons. The summed E-state index contributed by atoms with van der Waals surface area (Å²) in [4.78, 5) is 4.66. The SMILES string of the molecule is CCCCNC(=S)N1CCN(c2ccc(OC)cc2)CC1. The van der Waals surface area contributed by atoms with E-state index in [1.807, 2.05) is 12.1 Å². The van der Waals surface area contributed by atoms with E-state index in [-0.39, 0.29) is 0 Å². The number of nitrogens with zero attached hydrogens (tertiary/aromatic N) is 2. The minimum atomic E-state index is 0.901. The van der Waals surface area contributed by atoms with Crippen molar-refractivity contribution in [2.45, 2.75) is 19.8 Å². The van der Waals surface area contributed by atoms with Gasteiger partial charge in [-0.15, -0.1) is 0 Å². The molecule has 1 aliphatic rings. The Morgan fingerprint density at radius 2 is 1.86 bits per heavy atom. The summed E-state index contributed by atoms with van der Waals surface area (Å²) in [6.45, 7) is 7.13. The van der Waals surface area contributed by atoms with E-state index in [9.17, 15) is 0 Å². The Kier molecular flexibility index (Phi) is 6.11. The second-order valence-electron chi connectivity index (χ2n) is 5.26. The van der Waals surface area contributed by atoms with Crippen molar-refractivity contribution >= 4 is 23.0 Å². The monoisotopic (exact) mass is 307 g/mol. The average molecular weight is 307 g/mol. The van der Waals surface area contributed by atoms with Crippen LogP contribution in [0.15, 0.2) is 24.3 Å². The zero-order chi connectivity index (χ0) is 15.1. The largest absolute Gasteiger partial charge is 0.497 e. The van der Waals surface area contributed by atoms with Crippen LogP contribution in [0, 0.1) is 0 Å². The van der Waals surface area contributed by atoms with Crippen LogP contribution in [-0.2, 0) is 0 Å². The van der Waals surface area contributed by atoms with Crippen molar-refractivity contribution < 1.29 is 4.74 Å². The zero-order valence-corrected chi connectivity index (χ0v) is 13.8. The van der Waals surface area contributed by atoms with Crippen molar-refractivity contribution in [1.82, 2.24) is 10.2 Å². The van der Waals surface area contributed by atoms with E-state index in [4.69, 9.17) is 17.0 Å². The lowest BCUT2D eigenvalue weighted by molar-refractivity contribution is 0.379. The van der Waals surface area contributed by atoms with Crippen molar-refractivity contribution in [3.05, 3.63) is 24.3 Å². The van der Waals surface area contributed by atoms with Crippen LogP contribution in [0.1, 0.15) is 19.8 Å². The molecule has 0 saturated carbocycles. The Bertz CT molecular complexity index is 441. The summed E-state index contributed by atoms with van der Waals surface area (Å²) in [6, 6.07) is 8.26. The van der Waals surface area contributed by atoms with Crippen molar-refractivity contribution in [2.24, 2.45) is 0 Å². The first-order chi connectivity index (χ1) is 10.2. The molecule has 4 nitrogen and oxygen atoms in total. The highest BCUT2D eigenvalue weighted by Crippen LogP contribution is 2.20. The summed E-state index contributed by atoms with van der Waals surface area (Å²) in [5, 5.41) is 4.25. The molecule has 1 aliphatic heterocycles. The maximum atomic E-state index is 5.46. The van der Waals surface area contributed by atoms with Gasteiger partial charge in [-0.1, -0.05) is 13.3 Å². The Morgan fingerprint density at radius 1 is 1.19 bits per heavy atom. The van der Waals surface area contributed by atoms with Gasteiger partial charge in [0, 0.05) is 38.4 Å². The fourth-order valence-electron chi connectivity index (χ4n) is 2.44. The number of methoxy groups -OCH3 is 1. The van der Waals surface area contributed by atoms with Gasteiger partial charge in [-0.3, -0.25) is 0 Å². The van der Waals surface area contributed by atoms with Gasteiger partial charge in [0.1, 0.15) is 5.75 Å². The predicted molar refractivity (Wildman–Crippen MR) is 92.3 cm³/mol. The lowest BCUT2D eigenvalue weighted by Gasteiger charge is -2.37. The van der Waals surface area contributed by atoms with Crippen molar-refractivity contribution in [2.75, 3.05) is 44.7 Å². The van der Waals surface area contributed by atoms with Crippen molar-refractivity contribution in [1.29, 1.82) is 0 Å². The van der Waals surface area contributed by atoms with Gasteiger partial charge in [0.05, 0.1) is 7.11 Å². The molecule has 1 aromatic rings. The Morgan fingerprint density at radius 3 is 2.43 bits per heavy atom. The van der Waals surface area contributed by atoms with Gasteiger partial charge in [0.15, 0.2) is 5.11 Å². The molecule has 0 aromatic heterocycles. The van der Waals surface area contributed by atoms with Gasteiger partial charge in [0.2, 0.25) is 0 Å². The number of thiocarbonyl (C=S) groups is 1. The van der Waals surface area contributed by atoms with E-state index in [0.717, 1.165) is 43.6 Å². The molecule has 1 aromatic carbocycles. The predicted octanol–water partition coefficient (Wildman–Crippen LogP) is 2.49. The van der Waals surface area contributed by atoms with Gasteiger partial charge >= 0.3 is 0 Å².